The van der Waals surface area contributed by atoms with Crippen molar-refractivity contribution in [1.82, 2.24) is 10.0 Å². The molecule has 0 radical (unpaired) electrons. The second kappa shape index (κ2) is 5.47. The third-order valence-corrected chi connectivity index (χ3v) is 5.57. The fourth-order valence-electron chi connectivity index (χ4n) is 2.63. The Kier molecular flexibility index (Phi) is 4.21. The number of piperidine rings is 1. The highest BCUT2D eigenvalue weighted by Gasteiger charge is 2.29. The molecule has 1 unspecified atom stereocenters. The van der Waals surface area contributed by atoms with E-state index in [0.29, 0.717) is 6.54 Å². The summed E-state index contributed by atoms with van der Waals surface area (Å²) < 4.78 is 27.1. The third-order valence-electron chi connectivity index (χ3n) is 3.63. The summed E-state index contributed by atoms with van der Waals surface area (Å²) in [5.74, 6) is 0. The van der Waals surface area contributed by atoms with Crippen molar-refractivity contribution in [2.45, 2.75) is 56.2 Å². The molecule has 2 aliphatic rings. The molecule has 1 saturated heterocycles. The number of rotatable bonds is 3. The van der Waals surface area contributed by atoms with Crippen molar-refractivity contribution in [3.63, 3.8) is 0 Å². The first kappa shape index (κ1) is 12.3. The van der Waals surface area contributed by atoms with Gasteiger partial charge in [0.2, 0.25) is 10.0 Å². The summed E-state index contributed by atoms with van der Waals surface area (Å²) in [6.07, 6.45) is 7.37. The van der Waals surface area contributed by atoms with Crippen LogP contribution in [0.3, 0.4) is 0 Å². The summed E-state index contributed by atoms with van der Waals surface area (Å²) in [6.45, 7) is 1.57. The van der Waals surface area contributed by atoms with Gasteiger partial charge in [-0.25, -0.2) is 13.1 Å². The molecule has 94 valence electrons. The standard InChI is InChI=1S/C11H22N2O2S/c14-16(15,11-7-4-8-12-9-11)13-10-5-2-1-3-6-10/h10-13H,1-9H2. The lowest BCUT2D eigenvalue weighted by molar-refractivity contribution is 0.405. The van der Waals surface area contributed by atoms with Crippen molar-refractivity contribution in [2.75, 3.05) is 13.1 Å². The van der Waals surface area contributed by atoms with Crippen LogP contribution in [-0.2, 0) is 10.0 Å². The van der Waals surface area contributed by atoms with Gasteiger partial charge in [-0.15, -0.1) is 0 Å². The summed E-state index contributed by atoms with van der Waals surface area (Å²) in [7, 11) is -3.10. The maximum Gasteiger partial charge on any atom is 0.215 e. The molecule has 0 spiro atoms. The Morgan fingerprint density at radius 3 is 2.38 bits per heavy atom. The summed E-state index contributed by atoms with van der Waals surface area (Å²) in [5, 5.41) is 2.94. The maximum absolute atomic E-state index is 12.1. The number of nitrogens with one attached hydrogen (secondary N) is 2. The largest absolute Gasteiger partial charge is 0.315 e. The van der Waals surface area contributed by atoms with E-state index in [1.807, 2.05) is 0 Å². The van der Waals surface area contributed by atoms with Crippen LogP contribution in [-0.4, -0.2) is 32.8 Å². The Balaban J connectivity index is 1.90. The van der Waals surface area contributed by atoms with E-state index in [1.165, 1.54) is 6.42 Å². The minimum Gasteiger partial charge on any atom is -0.315 e. The lowest BCUT2D eigenvalue weighted by Crippen LogP contribution is -2.47. The molecular weight excluding hydrogens is 224 g/mol. The maximum atomic E-state index is 12.1. The van der Waals surface area contributed by atoms with E-state index in [0.717, 1.165) is 45.1 Å². The lowest BCUT2D eigenvalue weighted by atomic mass is 9.96. The van der Waals surface area contributed by atoms with Gasteiger partial charge >= 0.3 is 0 Å². The van der Waals surface area contributed by atoms with Crippen LogP contribution in [0, 0.1) is 0 Å². The molecular formula is C11H22N2O2S. The van der Waals surface area contributed by atoms with Crippen LogP contribution >= 0.6 is 0 Å². The van der Waals surface area contributed by atoms with Crippen molar-refractivity contribution < 1.29 is 8.42 Å². The first-order valence-electron chi connectivity index (χ1n) is 6.40. The molecule has 16 heavy (non-hydrogen) atoms. The van der Waals surface area contributed by atoms with Crippen LogP contribution in [0.15, 0.2) is 0 Å². The predicted octanol–water partition coefficient (Wildman–Crippen LogP) is 0.990. The van der Waals surface area contributed by atoms with Gasteiger partial charge in [-0.1, -0.05) is 19.3 Å². The predicted molar refractivity (Wildman–Crippen MR) is 64.8 cm³/mol. The third kappa shape index (κ3) is 3.18. The summed E-state index contributed by atoms with van der Waals surface area (Å²) in [4.78, 5) is 0. The van der Waals surface area contributed by atoms with Gasteiger partial charge in [0.05, 0.1) is 5.25 Å². The Bertz CT molecular complexity index is 304. The molecule has 0 bridgehead atoms. The van der Waals surface area contributed by atoms with Gasteiger partial charge in [-0.05, 0) is 32.2 Å². The van der Waals surface area contributed by atoms with Crippen molar-refractivity contribution in [2.24, 2.45) is 0 Å². The van der Waals surface area contributed by atoms with Crippen LogP contribution < -0.4 is 10.0 Å². The van der Waals surface area contributed by atoms with E-state index in [2.05, 4.69) is 10.0 Å². The van der Waals surface area contributed by atoms with Crippen molar-refractivity contribution >= 4 is 10.0 Å². The van der Waals surface area contributed by atoms with Crippen LogP contribution in [0.2, 0.25) is 0 Å². The summed E-state index contributed by atoms with van der Waals surface area (Å²) >= 11 is 0. The zero-order valence-electron chi connectivity index (χ0n) is 9.74. The van der Waals surface area contributed by atoms with Crippen molar-refractivity contribution in [3.05, 3.63) is 0 Å². The molecule has 0 aromatic carbocycles. The Labute approximate surface area is 98.2 Å². The van der Waals surface area contributed by atoms with Gasteiger partial charge in [-0.2, -0.15) is 0 Å². The summed E-state index contributed by atoms with van der Waals surface area (Å²) in [5.41, 5.74) is 0. The van der Waals surface area contributed by atoms with E-state index in [1.54, 1.807) is 0 Å². The molecule has 5 heteroatoms. The van der Waals surface area contributed by atoms with Crippen LogP contribution in [0.1, 0.15) is 44.9 Å². The van der Waals surface area contributed by atoms with E-state index in [4.69, 9.17) is 0 Å². The van der Waals surface area contributed by atoms with Crippen LogP contribution in [0.5, 0.6) is 0 Å². The number of sulfonamides is 1. The molecule has 0 amide bonds. The molecule has 1 saturated carbocycles. The topological polar surface area (TPSA) is 58.2 Å². The van der Waals surface area contributed by atoms with E-state index in [9.17, 15) is 8.42 Å². The molecule has 0 aromatic rings. The quantitative estimate of drug-likeness (QED) is 0.781. The van der Waals surface area contributed by atoms with Crippen molar-refractivity contribution in [1.29, 1.82) is 0 Å². The highest BCUT2D eigenvalue weighted by atomic mass is 32.2. The SMILES string of the molecule is O=S(=O)(NC1CCCCC1)C1CCCNC1. The van der Waals surface area contributed by atoms with E-state index in [-0.39, 0.29) is 11.3 Å². The highest BCUT2D eigenvalue weighted by molar-refractivity contribution is 7.90. The molecule has 1 atom stereocenters. The minimum atomic E-state index is -3.10. The molecule has 2 N–H and O–H groups in total. The molecule has 4 nitrogen and oxygen atoms in total. The lowest BCUT2D eigenvalue weighted by Gasteiger charge is -2.28. The average Bonchev–Trinajstić information content (AvgIpc) is 2.31. The minimum absolute atomic E-state index is 0.195. The van der Waals surface area contributed by atoms with Gasteiger partial charge < -0.3 is 5.32 Å². The molecule has 2 fully saturated rings. The van der Waals surface area contributed by atoms with Crippen molar-refractivity contribution in [3.8, 4) is 0 Å². The zero-order chi connectivity index (χ0) is 11.4. The van der Waals surface area contributed by atoms with E-state index < -0.39 is 10.0 Å². The Hall–Kier alpha value is -0.130. The van der Waals surface area contributed by atoms with Gasteiger partial charge in [0.15, 0.2) is 0 Å². The first-order valence-corrected chi connectivity index (χ1v) is 7.95. The van der Waals surface area contributed by atoms with Crippen LogP contribution in [0.25, 0.3) is 0 Å². The second-order valence-corrected chi connectivity index (χ2v) is 6.96. The Morgan fingerprint density at radius 1 is 1.00 bits per heavy atom. The highest BCUT2D eigenvalue weighted by Crippen LogP contribution is 2.20. The van der Waals surface area contributed by atoms with E-state index >= 15 is 0 Å². The van der Waals surface area contributed by atoms with Crippen LogP contribution in [0.4, 0.5) is 0 Å². The fraction of sp³-hybridized carbons (Fsp3) is 1.00. The monoisotopic (exact) mass is 246 g/mol. The Morgan fingerprint density at radius 2 is 1.75 bits per heavy atom. The molecule has 0 aromatic heterocycles. The molecule has 2 rings (SSSR count). The van der Waals surface area contributed by atoms with Gasteiger partial charge in [-0.3, -0.25) is 0 Å². The normalized spacial score (nSPS) is 29.1. The molecule has 1 aliphatic heterocycles. The number of hydrogen-bond donors (Lipinski definition) is 2. The smallest absolute Gasteiger partial charge is 0.215 e. The molecule has 1 heterocycles. The van der Waals surface area contributed by atoms with Gasteiger partial charge in [0.1, 0.15) is 0 Å². The number of hydrogen-bond acceptors (Lipinski definition) is 3. The first-order chi connectivity index (χ1) is 7.68. The average molecular weight is 246 g/mol. The second-order valence-electron chi connectivity index (χ2n) is 4.97. The molecule has 1 aliphatic carbocycles. The summed E-state index contributed by atoms with van der Waals surface area (Å²) in [6, 6.07) is 0.195. The van der Waals surface area contributed by atoms with Gasteiger partial charge in [0, 0.05) is 12.6 Å². The van der Waals surface area contributed by atoms with Gasteiger partial charge in [0.25, 0.3) is 0 Å². The fourth-order valence-corrected chi connectivity index (χ4v) is 4.34. The zero-order valence-corrected chi connectivity index (χ0v) is 10.6.